The molecule has 6 nitrogen and oxygen atoms in total. The van der Waals surface area contributed by atoms with Crippen LogP contribution in [-0.2, 0) is 14.8 Å². The van der Waals surface area contributed by atoms with Crippen LogP contribution in [0.4, 0.5) is 10.8 Å². The van der Waals surface area contributed by atoms with Crippen LogP contribution in [0.3, 0.4) is 0 Å². The van der Waals surface area contributed by atoms with E-state index >= 15 is 0 Å². The number of thiazole rings is 1. The normalized spacial score (nSPS) is 11.1. The molecule has 0 saturated carbocycles. The molecule has 0 bridgehead atoms. The van der Waals surface area contributed by atoms with Gasteiger partial charge in [-0.3, -0.25) is 9.52 Å². The van der Waals surface area contributed by atoms with Crippen LogP contribution in [0, 0.1) is 0 Å². The average molecular weight is 332 g/mol. The number of anilines is 2. The van der Waals surface area contributed by atoms with Gasteiger partial charge < -0.3 is 5.32 Å². The smallest absolute Gasteiger partial charge is 0.263 e. The van der Waals surface area contributed by atoms with Crippen LogP contribution in [0.25, 0.3) is 0 Å². The molecule has 0 aliphatic carbocycles. The van der Waals surface area contributed by atoms with E-state index in [-0.39, 0.29) is 15.9 Å². The SMILES string of the molecule is CC(=O)Nc1ccc(S(=O)(=O)Nc2ncc(Cl)s2)cc1. The Bertz CT molecular complexity index is 726. The molecule has 0 aliphatic rings. The Morgan fingerprint density at radius 1 is 1.30 bits per heavy atom. The maximum absolute atomic E-state index is 12.1. The lowest BCUT2D eigenvalue weighted by Gasteiger charge is -2.06. The number of halogens is 1. The van der Waals surface area contributed by atoms with Crippen molar-refractivity contribution >= 4 is 49.7 Å². The largest absolute Gasteiger partial charge is 0.326 e. The van der Waals surface area contributed by atoms with Gasteiger partial charge in [-0.25, -0.2) is 13.4 Å². The van der Waals surface area contributed by atoms with Crippen molar-refractivity contribution in [2.45, 2.75) is 11.8 Å². The van der Waals surface area contributed by atoms with E-state index in [0.29, 0.717) is 10.0 Å². The first-order valence-corrected chi connectivity index (χ1v) is 8.06. The number of rotatable bonds is 4. The third-order valence-corrected chi connectivity index (χ3v) is 4.70. The second kappa shape index (κ2) is 5.78. The van der Waals surface area contributed by atoms with Gasteiger partial charge in [0, 0.05) is 12.6 Å². The fourth-order valence-corrected chi connectivity index (χ4v) is 3.45. The van der Waals surface area contributed by atoms with E-state index in [4.69, 9.17) is 11.6 Å². The highest BCUT2D eigenvalue weighted by Crippen LogP contribution is 2.25. The number of hydrogen-bond donors (Lipinski definition) is 2. The number of sulfonamides is 1. The third-order valence-electron chi connectivity index (χ3n) is 2.18. The summed E-state index contributed by atoms with van der Waals surface area (Å²) < 4.78 is 26.9. The molecule has 2 aromatic rings. The van der Waals surface area contributed by atoms with E-state index in [9.17, 15) is 13.2 Å². The van der Waals surface area contributed by atoms with Gasteiger partial charge in [0.2, 0.25) is 5.91 Å². The highest BCUT2D eigenvalue weighted by Gasteiger charge is 2.16. The Kier molecular flexibility index (Phi) is 4.26. The number of hydrogen-bond acceptors (Lipinski definition) is 5. The van der Waals surface area contributed by atoms with Crippen molar-refractivity contribution in [3.8, 4) is 0 Å². The summed E-state index contributed by atoms with van der Waals surface area (Å²) in [5, 5.41) is 2.75. The zero-order valence-corrected chi connectivity index (χ0v) is 12.6. The van der Waals surface area contributed by atoms with Crippen LogP contribution >= 0.6 is 22.9 Å². The van der Waals surface area contributed by atoms with Gasteiger partial charge in [0.1, 0.15) is 4.34 Å². The van der Waals surface area contributed by atoms with Crippen LogP contribution < -0.4 is 10.0 Å². The van der Waals surface area contributed by atoms with Gasteiger partial charge in [0.05, 0.1) is 11.1 Å². The van der Waals surface area contributed by atoms with Gasteiger partial charge in [-0.05, 0) is 24.3 Å². The van der Waals surface area contributed by atoms with Gasteiger partial charge in [-0.2, -0.15) is 0 Å². The number of aromatic nitrogens is 1. The molecular formula is C11H10ClN3O3S2. The summed E-state index contributed by atoms with van der Waals surface area (Å²) in [4.78, 5) is 14.8. The summed E-state index contributed by atoms with van der Waals surface area (Å²) in [6, 6.07) is 5.79. The maximum atomic E-state index is 12.1. The molecule has 1 heterocycles. The van der Waals surface area contributed by atoms with Gasteiger partial charge in [-0.1, -0.05) is 22.9 Å². The Morgan fingerprint density at radius 3 is 2.45 bits per heavy atom. The Hall–Kier alpha value is -1.64. The van der Waals surface area contributed by atoms with E-state index in [1.54, 1.807) is 0 Å². The van der Waals surface area contributed by atoms with Gasteiger partial charge in [0.15, 0.2) is 5.13 Å². The summed E-state index contributed by atoms with van der Waals surface area (Å²) in [5.74, 6) is -0.226. The van der Waals surface area contributed by atoms with Crippen LogP contribution in [0.15, 0.2) is 35.4 Å². The molecule has 1 aromatic heterocycles. The van der Waals surface area contributed by atoms with E-state index in [2.05, 4.69) is 15.0 Å². The first-order valence-electron chi connectivity index (χ1n) is 5.38. The topological polar surface area (TPSA) is 88.2 Å². The summed E-state index contributed by atoms with van der Waals surface area (Å²) in [6.07, 6.45) is 1.37. The van der Waals surface area contributed by atoms with Crippen LogP contribution in [0.5, 0.6) is 0 Å². The number of benzene rings is 1. The van der Waals surface area contributed by atoms with E-state index in [1.165, 1.54) is 37.4 Å². The highest BCUT2D eigenvalue weighted by molar-refractivity contribution is 7.93. The zero-order valence-electron chi connectivity index (χ0n) is 10.3. The lowest BCUT2D eigenvalue weighted by molar-refractivity contribution is -0.114. The van der Waals surface area contributed by atoms with E-state index < -0.39 is 10.0 Å². The summed E-state index contributed by atoms with van der Waals surface area (Å²) >= 11 is 6.71. The summed E-state index contributed by atoms with van der Waals surface area (Å²) in [6.45, 7) is 1.37. The Morgan fingerprint density at radius 2 is 1.95 bits per heavy atom. The first kappa shape index (κ1) is 14.8. The predicted octanol–water partition coefficient (Wildman–Crippen LogP) is 2.56. The van der Waals surface area contributed by atoms with Gasteiger partial charge in [0.25, 0.3) is 10.0 Å². The molecule has 0 spiro atoms. The lowest BCUT2D eigenvalue weighted by atomic mass is 10.3. The summed E-state index contributed by atoms with van der Waals surface area (Å²) in [7, 11) is -3.72. The van der Waals surface area contributed by atoms with Crippen molar-refractivity contribution in [2.75, 3.05) is 10.0 Å². The van der Waals surface area contributed by atoms with Crippen molar-refractivity contribution in [3.05, 3.63) is 34.8 Å². The van der Waals surface area contributed by atoms with E-state index in [1.807, 2.05) is 0 Å². The molecule has 0 radical (unpaired) electrons. The molecule has 1 amide bonds. The average Bonchev–Trinajstić information content (AvgIpc) is 2.74. The minimum Gasteiger partial charge on any atom is -0.326 e. The number of nitrogens with zero attached hydrogens (tertiary/aromatic N) is 1. The minimum atomic E-state index is -3.72. The van der Waals surface area contributed by atoms with Crippen molar-refractivity contribution in [3.63, 3.8) is 0 Å². The fraction of sp³-hybridized carbons (Fsp3) is 0.0909. The molecule has 106 valence electrons. The van der Waals surface area contributed by atoms with Gasteiger partial charge >= 0.3 is 0 Å². The van der Waals surface area contributed by atoms with Crippen LogP contribution in [0.1, 0.15) is 6.92 Å². The number of carbonyl (C=O) groups is 1. The second-order valence-electron chi connectivity index (χ2n) is 3.78. The molecule has 0 fully saturated rings. The van der Waals surface area contributed by atoms with Crippen LogP contribution in [-0.4, -0.2) is 19.3 Å². The second-order valence-corrected chi connectivity index (χ2v) is 7.12. The number of nitrogens with one attached hydrogen (secondary N) is 2. The van der Waals surface area contributed by atoms with E-state index in [0.717, 1.165) is 11.3 Å². The Labute approximate surface area is 124 Å². The number of carbonyl (C=O) groups excluding carboxylic acids is 1. The lowest BCUT2D eigenvalue weighted by Crippen LogP contribution is -2.13. The molecule has 0 saturated heterocycles. The Balaban J connectivity index is 2.19. The van der Waals surface area contributed by atoms with Crippen molar-refractivity contribution < 1.29 is 13.2 Å². The fourth-order valence-electron chi connectivity index (χ4n) is 1.40. The van der Waals surface area contributed by atoms with Crippen molar-refractivity contribution in [1.29, 1.82) is 0 Å². The molecule has 2 N–H and O–H groups in total. The predicted molar refractivity (Wildman–Crippen MR) is 78.7 cm³/mol. The first-order chi connectivity index (χ1) is 9.37. The van der Waals surface area contributed by atoms with Crippen LogP contribution in [0.2, 0.25) is 4.34 Å². The minimum absolute atomic E-state index is 0.0675. The number of amides is 1. The van der Waals surface area contributed by atoms with Crippen molar-refractivity contribution in [1.82, 2.24) is 4.98 Å². The molecule has 1 aromatic carbocycles. The van der Waals surface area contributed by atoms with Gasteiger partial charge in [-0.15, -0.1) is 0 Å². The van der Waals surface area contributed by atoms with Crippen molar-refractivity contribution in [2.24, 2.45) is 0 Å². The summed E-state index contributed by atoms with van der Waals surface area (Å²) in [5.41, 5.74) is 0.522. The molecule has 0 aliphatic heterocycles. The quantitative estimate of drug-likeness (QED) is 0.901. The zero-order chi connectivity index (χ0) is 14.8. The highest BCUT2D eigenvalue weighted by atomic mass is 35.5. The molecular weight excluding hydrogens is 322 g/mol. The molecule has 20 heavy (non-hydrogen) atoms. The molecule has 0 unspecified atom stereocenters. The maximum Gasteiger partial charge on any atom is 0.263 e. The monoisotopic (exact) mass is 331 g/mol. The molecule has 2 rings (SSSR count). The molecule has 9 heteroatoms. The third kappa shape index (κ3) is 3.69. The standard InChI is InChI=1S/C11H10ClN3O3S2/c1-7(16)14-8-2-4-9(5-3-8)20(17,18)15-11-13-6-10(12)19-11/h2-6H,1H3,(H,13,15)(H,14,16). The molecule has 0 atom stereocenters.